The van der Waals surface area contributed by atoms with Gasteiger partial charge in [0.1, 0.15) is 0 Å². The molecule has 0 radical (unpaired) electrons. The summed E-state index contributed by atoms with van der Waals surface area (Å²) in [6.07, 6.45) is 9.32. The molecule has 23 heavy (non-hydrogen) atoms. The van der Waals surface area contributed by atoms with Gasteiger partial charge in [0.25, 0.3) is 0 Å². The average molecular weight is 324 g/mol. The first kappa shape index (κ1) is 18.0. The molecular formula is C17H32N4O2. The molecule has 1 unspecified atom stereocenters. The van der Waals surface area contributed by atoms with Gasteiger partial charge in [-0.25, -0.2) is 4.79 Å². The predicted octanol–water partition coefficient (Wildman–Crippen LogP) is 1.61. The number of likely N-dealkylation sites (tertiary alicyclic amines) is 1. The van der Waals surface area contributed by atoms with E-state index in [2.05, 4.69) is 16.0 Å². The molecule has 3 N–H and O–H groups in total. The van der Waals surface area contributed by atoms with Crippen LogP contribution in [0.4, 0.5) is 4.79 Å². The third kappa shape index (κ3) is 6.37. The first-order valence-corrected chi connectivity index (χ1v) is 9.18. The molecule has 0 aromatic rings. The fourth-order valence-electron chi connectivity index (χ4n) is 3.52. The Morgan fingerprint density at radius 1 is 1.04 bits per heavy atom. The summed E-state index contributed by atoms with van der Waals surface area (Å²) in [4.78, 5) is 26.0. The quantitative estimate of drug-likeness (QED) is 0.650. The zero-order valence-electron chi connectivity index (χ0n) is 14.4. The SMILES string of the molecule is CNC1CCCN(C(=O)CCCNC(=O)NC2CCCCC2)C1. The Morgan fingerprint density at radius 2 is 1.78 bits per heavy atom. The van der Waals surface area contributed by atoms with Crippen molar-refractivity contribution in [1.82, 2.24) is 20.9 Å². The van der Waals surface area contributed by atoms with E-state index in [-0.39, 0.29) is 11.9 Å². The predicted molar refractivity (Wildman–Crippen MR) is 91.3 cm³/mol. The van der Waals surface area contributed by atoms with Gasteiger partial charge in [0.15, 0.2) is 0 Å². The van der Waals surface area contributed by atoms with Crippen LogP contribution in [0.25, 0.3) is 0 Å². The van der Waals surface area contributed by atoms with E-state index in [4.69, 9.17) is 0 Å². The number of hydrogen-bond donors (Lipinski definition) is 3. The molecule has 6 heteroatoms. The third-order valence-corrected chi connectivity index (χ3v) is 4.98. The van der Waals surface area contributed by atoms with Crippen LogP contribution >= 0.6 is 0 Å². The van der Waals surface area contributed by atoms with Crippen LogP contribution in [0, 0.1) is 0 Å². The van der Waals surface area contributed by atoms with Gasteiger partial charge in [-0.3, -0.25) is 4.79 Å². The van der Waals surface area contributed by atoms with E-state index < -0.39 is 0 Å². The van der Waals surface area contributed by atoms with Gasteiger partial charge in [-0.1, -0.05) is 19.3 Å². The zero-order chi connectivity index (χ0) is 16.5. The van der Waals surface area contributed by atoms with Crippen molar-refractivity contribution in [3.05, 3.63) is 0 Å². The lowest BCUT2D eigenvalue weighted by molar-refractivity contribution is -0.132. The molecule has 0 bridgehead atoms. The number of amides is 3. The molecule has 1 atom stereocenters. The number of likely N-dealkylation sites (N-methyl/N-ethyl adjacent to an activating group) is 1. The Morgan fingerprint density at radius 3 is 2.52 bits per heavy atom. The van der Waals surface area contributed by atoms with E-state index in [9.17, 15) is 9.59 Å². The summed E-state index contributed by atoms with van der Waals surface area (Å²) in [5.74, 6) is 0.208. The van der Waals surface area contributed by atoms with Crippen molar-refractivity contribution in [2.24, 2.45) is 0 Å². The molecule has 1 heterocycles. The van der Waals surface area contributed by atoms with Crippen LogP contribution in [-0.4, -0.2) is 55.6 Å². The summed E-state index contributed by atoms with van der Waals surface area (Å²) in [5, 5.41) is 9.16. The second-order valence-electron chi connectivity index (χ2n) is 6.81. The molecule has 3 amide bonds. The number of hydrogen-bond acceptors (Lipinski definition) is 3. The number of urea groups is 1. The summed E-state index contributed by atoms with van der Waals surface area (Å²) in [6, 6.07) is 0.668. The number of nitrogens with one attached hydrogen (secondary N) is 3. The molecule has 1 saturated heterocycles. The molecule has 132 valence electrons. The molecule has 0 aromatic carbocycles. The summed E-state index contributed by atoms with van der Waals surface area (Å²) in [6.45, 7) is 2.24. The van der Waals surface area contributed by atoms with Crippen molar-refractivity contribution in [2.45, 2.75) is 69.9 Å². The number of rotatable bonds is 6. The summed E-state index contributed by atoms with van der Waals surface area (Å²) in [5.41, 5.74) is 0. The van der Waals surface area contributed by atoms with E-state index >= 15 is 0 Å². The highest BCUT2D eigenvalue weighted by Crippen LogP contribution is 2.17. The van der Waals surface area contributed by atoms with Crippen molar-refractivity contribution in [3.63, 3.8) is 0 Å². The fourth-order valence-corrected chi connectivity index (χ4v) is 3.52. The Balaban J connectivity index is 1.55. The summed E-state index contributed by atoms with van der Waals surface area (Å²) >= 11 is 0. The molecule has 1 saturated carbocycles. The molecular weight excluding hydrogens is 292 g/mol. The van der Waals surface area contributed by atoms with Crippen molar-refractivity contribution in [3.8, 4) is 0 Å². The van der Waals surface area contributed by atoms with E-state index in [0.29, 0.717) is 31.5 Å². The van der Waals surface area contributed by atoms with E-state index in [0.717, 1.165) is 38.8 Å². The van der Waals surface area contributed by atoms with Gasteiger partial charge in [-0.15, -0.1) is 0 Å². The monoisotopic (exact) mass is 324 g/mol. The molecule has 0 aromatic heterocycles. The van der Waals surface area contributed by atoms with Gasteiger partial charge in [0.05, 0.1) is 0 Å². The third-order valence-electron chi connectivity index (χ3n) is 4.98. The van der Waals surface area contributed by atoms with Crippen LogP contribution in [0.2, 0.25) is 0 Å². The highest BCUT2D eigenvalue weighted by Gasteiger charge is 2.22. The number of nitrogens with zero attached hydrogens (tertiary/aromatic N) is 1. The minimum Gasteiger partial charge on any atom is -0.341 e. The molecule has 1 aliphatic carbocycles. The first-order valence-electron chi connectivity index (χ1n) is 9.18. The van der Waals surface area contributed by atoms with Crippen LogP contribution in [0.15, 0.2) is 0 Å². The minimum absolute atomic E-state index is 0.0856. The highest BCUT2D eigenvalue weighted by atomic mass is 16.2. The van der Waals surface area contributed by atoms with Gasteiger partial charge < -0.3 is 20.9 Å². The van der Waals surface area contributed by atoms with Gasteiger partial charge in [-0.2, -0.15) is 0 Å². The smallest absolute Gasteiger partial charge is 0.315 e. The molecule has 2 rings (SSSR count). The Bertz CT molecular complexity index is 383. The Kier molecular flexibility index (Phi) is 7.65. The fraction of sp³-hybridized carbons (Fsp3) is 0.882. The van der Waals surface area contributed by atoms with Crippen LogP contribution in [0.1, 0.15) is 57.8 Å². The first-order chi connectivity index (χ1) is 11.2. The van der Waals surface area contributed by atoms with Gasteiger partial charge >= 0.3 is 6.03 Å². The second-order valence-corrected chi connectivity index (χ2v) is 6.81. The number of carbonyl (C=O) groups is 2. The van der Waals surface area contributed by atoms with Crippen molar-refractivity contribution in [1.29, 1.82) is 0 Å². The average Bonchev–Trinajstić information content (AvgIpc) is 2.59. The normalized spacial score (nSPS) is 22.7. The molecule has 1 aliphatic heterocycles. The lowest BCUT2D eigenvalue weighted by Crippen LogP contribution is -2.47. The Labute approximate surface area is 139 Å². The molecule has 6 nitrogen and oxygen atoms in total. The molecule has 0 spiro atoms. The maximum Gasteiger partial charge on any atom is 0.315 e. The van der Waals surface area contributed by atoms with Crippen molar-refractivity contribution < 1.29 is 9.59 Å². The van der Waals surface area contributed by atoms with Crippen molar-refractivity contribution >= 4 is 11.9 Å². The minimum atomic E-state index is -0.0856. The van der Waals surface area contributed by atoms with Crippen LogP contribution in [0.5, 0.6) is 0 Å². The largest absolute Gasteiger partial charge is 0.341 e. The molecule has 2 fully saturated rings. The maximum absolute atomic E-state index is 12.2. The standard InChI is InChI=1S/C17H32N4O2/c1-18-15-9-6-12-21(13-15)16(22)10-5-11-19-17(23)20-14-7-3-2-4-8-14/h14-15,18H,2-13H2,1H3,(H2,19,20,23). The summed E-state index contributed by atoms with van der Waals surface area (Å²) < 4.78 is 0. The van der Waals surface area contributed by atoms with Crippen molar-refractivity contribution in [2.75, 3.05) is 26.7 Å². The maximum atomic E-state index is 12.2. The Hall–Kier alpha value is -1.30. The van der Waals surface area contributed by atoms with Gasteiger partial charge in [-0.05, 0) is 39.2 Å². The van der Waals surface area contributed by atoms with Crippen LogP contribution < -0.4 is 16.0 Å². The van der Waals surface area contributed by atoms with Gasteiger partial charge in [0, 0.05) is 38.1 Å². The lowest BCUT2D eigenvalue weighted by atomic mass is 9.96. The lowest BCUT2D eigenvalue weighted by Gasteiger charge is -2.32. The van der Waals surface area contributed by atoms with E-state index in [1.54, 1.807) is 0 Å². The second kappa shape index (κ2) is 9.75. The van der Waals surface area contributed by atoms with E-state index in [1.807, 2.05) is 11.9 Å². The zero-order valence-corrected chi connectivity index (χ0v) is 14.4. The van der Waals surface area contributed by atoms with Gasteiger partial charge in [0.2, 0.25) is 5.91 Å². The topological polar surface area (TPSA) is 73.5 Å². The van der Waals surface area contributed by atoms with Crippen LogP contribution in [-0.2, 0) is 4.79 Å². The number of piperidine rings is 1. The summed E-state index contributed by atoms with van der Waals surface area (Å²) in [7, 11) is 1.95. The van der Waals surface area contributed by atoms with E-state index in [1.165, 1.54) is 19.3 Å². The highest BCUT2D eigenvalue weighted by molar-refractivity contribution is 5.76. The molecule has 2 aliphatic rings. The van der Waals surface area contributed by atoms with Crippen LogP contribution in [0.3, 0.4) is 0 Å². The number of carbonyl (C=O) groups excluding carboxylic acids is 2.